The highest BCUT2D eigenvalue weighted by Crippen LogP contribution is 2.36. The van der Waals surface area contributed by atoms with Crippen molar-refractivity contribution < 1.29 is 8.42 Å². The molecule has 1 unspecified atom stereocenters. The first-order valence-electron chi connectivity index (χ1n) is 6.36. The third-order valence-electron chi connectivity index (χ3n) is 3.61. The van der Waals surface area contributed by atoms with Gasteiger partial charge in [-0.25, -0.2) is 13.1 Å². The van der Waals surface area contributed by atoms with Crippen molar-refractivity contribution in [1.29, 1.82) is 0 Å². The molecular formula is C13H19ClN2O2S. The van der Waals surface area contributed by atoms with Crippen LogP contribution in [0, 0.1) is 18.8 Å². The van der Waals surface area contributed by atoms with Crippen LogP contribution in [0.4, 0.5) is 5.69 Å². The van der Waals surface area contributed by atoms with Crippen molar-refractivity contribution in [3.05, 3.63) is 22.7 Å². The van der Waals surface area contributed by atoms with Crippen LogP contribution in [0.1, 0.15) is 25.3 Å². The lowest BCUT2D eigenvalue weighted by Gasteiger charge is -2.14. The van der Waals surface area contributed by atoms with E-state index in [0.29, 0.717) is 29.0 Å². The quantitative estimate of drug-likeness (QED) is 0.821. The molecule has 0 heterocycles. The highest BCUT2D eigenvalue weighted by molar-refractivity contribution is 7.89. The van der Waals surface area contributed by atoms with Gasteiger partial charge in [-0.05, 0) is 49.3 Å². The first-order valence-corrected chi connectivity index (χ1v) is 8.22. The van der Waals surface area contributed by atoms with E-state index in [-0.39, 0.29) is 10.6 Å². The molecule has 4 nitrogen and oxygen atoms in total. The lowest BCUT2D eigenvalue weighted by atomic mass is 10.1. The monoisotopic (exact) mass is 302 g/mol. The average Bonchev–Trinajstić information content (AvgIpc) is 3.14. The van der Waals surface area contributed by atoms with Gasteiger partial charge in [0.15, 0.2) is 0 Å². The van der Waals surface area contributed by atoms with Crippen LogP contribution in [0.2, 0.25) is 5.02 Å². The van der Waals surface area contributed by atoms with Crippen LogP contribution >= 0.6 is 11.6 Å². The third-order valence-corrected chi connectivity index (χ3v) is 5.50. The number of halogens is 1. The van der Waals surface area contributed by atoms with E-state index in [4.69, 9.17) is 17.3 Å². The van der Waals surface area contributed by atoms with Gasteiger partial charge in [0.2, 0.25) is 10.0 Å². The van der Waals surface area contributed by atoms with Crippen LogP contribution < -0.4 is 10.5 Å². The molecule has 1 aliphatic carbocycles. The van der Waals surface area contributed by atoms with Crippen LogP contribution in [-0.2, 0) is 10.0 Å². The number of anilines is 1. The minimum atomic E-state index is -3.52. The fraction of sp³-hybridized carbons (Fsp3) is 0.538. The fourth-order valence-electron chi connectivity index (χ4n) is 2.11. The Morgan fingerprint density at radius 2 is 2.11 bits per heavy atom. The van der Waals surface area contributed by atoms with E-state index in [1.54, 1.807) is 13.0 Å². The molecule has 6 heteroatoms. The summed E-state index contributed by atoms with van der Waals surface area (Å²) in [6.45, 7) is 4.25. The molecule has 1 fully saturated rings. The van der Waals surface area contributed by atoms with E-state index in [9.17, 15) is 8.42 Å². The number of aryl methyl sites for hydroxylation is 1. The molecule has 0 aromatic heterocycles. The van der Waals surface area contributed by atoms with E-state index in [1.165, 1.54) is 18.9 Å². The summed E-state index contributed by atoms with van der Waals surface area (Å²) in [5, 5.41) is 0.378. The number of nitrogens with two attached hydrogens (primary N) is 1. The smallest absolute Gasteiger partial charge is 0.240 e. The molecule has 2 rings (SSSR count). The van der Waals surface area contributed by atoms with Gasteiger partial charge in [0.25, 0.3) is 0 Å². The number of hydrogen-bond donors (Lipinski definition) is 2. The molecule has 3 N–H and O–H groups in total. The Bertz CT molecular complexity index is 583. The molecule has 1 aliphatic rings. The second-order valence-corrected chi connectivity index (χ2v) is 7.45. The predicted molar refractivity (Wildman–Crippen MR) is 77.7 cm³/mol. The van der Waals surface area contributed by atoms with Gasteiger partial charge in [-0.15, -0.1) is 0 Å². The fourth-order valence-corrected chi connectivity index (χ4v) is 3.73. The average molecular weight is 303 g/mol. The first kappa shape index (κ1) is 14.6. The van der Waals surface area contributed by atoms with Gasteiger partial charge in [0.1, 0.15) is 0 Å². The van der Waals surface area contributed by atoms with E-state index in [2.05, 4.69) is 11.6 Å². The molecule has 1 atom stereocenters. The predicted octanol–water partition coefficient (Wildman–Crippen LogP) is 2.56. The number of nitrogen functional groups attached to an aromatic ring is 1. The minimum absolute atomic E-state index is 0.206. The zero-order chi connectivity index (χ0) is 14.2. The molecule has 0 spiro atoms. The van der Waals surface area contributed by atoms with Crippen LogP contribution in [0.5, 0.6) is 0 Å². The van der Waals surface area contributed by atoms with Crippen LogP contribution in [0.25, 0.3) is 0 Å². The second-order valence-electron chi connectivity index (χ2n) is 5.31. The summed E-state index contributed by atoms with van der Waals surface area (Å²) in [7, 11) is -3.52. The van der Waals surface area contributed by atoms with Gasteiger partial charge in [-0.3, -0.25) is 0 Å². The van der Waals surface area contributed by atoms with Crippen LogP contribution in [-0.4, -0.2) is 15.0 Å². The molecule has 0 aliphatic heterocycles. The van der Waals surface area contributed by atoms with Gasteiger partial charge >= 0.3 is 0 Å². The Morgan fingerprint density at radius 3 is 2.68 bits per heavy atom. The second kappa shape index (κ2) is 5.31. The van der Waals surface area contributed by atoms with Crippen molar-refractivity contribution in [2.75, 3.05) is 12.3 Å². The molecule has 1 saturated carbocycles. The van der Waals surface area contributed by atoms with Crippen LogP contribution in [0.3, 0.4) is 0 Å². The van der Waals surface area contributed by atoms with E-state index in [0.717, 1.165) is 0 Å². The van der Waals surface area contributed by atoms with Gasteiger partial charge in [-0.1, -0.05) is 18.5 Å². The summed E-state index contributed by atoms with van der Waals surface area (Å²) in [4.78, 5) is 0.206. The Balaban J connectivity index is 2.16. The summed E-state index contributed by atoms with van der Waals surface area (Å²) < 4.78 is 27.2. The SMILES string of the molecule is Cc1cc(Cl)c(N)cc1S(=O)(=O)NCC(C)C1CC1. The van der Waals surface area contributed by atoms with E-state index < -0.39 is 10.0 Å². The molecule has 0 saturated heterocycles. The highest BCUT2D eigenvalue weighted by Gasteiger charge is 2.29. The van der Waals surface area contributed by atoms with E-state index >= 15 is 0 Å². The van der Waals surface area contributed by atoms with E-state index in [1.807, 2.05) is 0 Å². The number of benzene rings is 1. The number of sulfonamides is 1. The zero-order valence-corrected chi connectivity index (χ0v) is 12.7. The summed E-state index contributed by atoms with van der Waals surface area (Å²) in [5.74, 6) is 1.04. The number of rotatable bonds is 5. The summed E-state index contributed by atoms with van der Waals surface area (Å²) in [5.41, 5.74) is 6.56. The van der Waals surface area contributed by atoms with Crippen molar-refractivity contribution in [2.45, 2.75) is 31.6 Å². The highest BCUT2D eigenvalue weighted by atomic mass is 35.5. The van der Waals surface area contributed by atoms with Gasteiger partial charge in [0, 0.05) is 6.54 Å². The van der Waals surface area contributed by atoms with Gasteiger partial charge < -0.3 is 5.73 Å². The van der Waals surface area contributed by atoms with Gasteiger partial charge in [-0.2, -0.15) is 0 Å². The molecule has 1 aromatic carbocycles. The van der Waals surface area contributed by atoms with Crippen molar-refractivity contribution in [3.8, 4) is 0 Å². The summed E-state index contributed by atoms with van der Waals surface area (Å²) >= 11 is 5.87. The molecule has 0 bridgehead atoms. The summed E-state index contributed by atoms with van der Waals surface area (Å²) in [6.07, 6.45) is 2.41. The topological polar surface area (TPSA) is 72.2 Å². The van der Waals surface area contributed by atoms with Crippen molar-refractivity contribution in [1.82, 2.24) is 4.72 Å². The van der Waals surface area contributed by atoms with Crippen molar-refractivity contribution in [3.63, 3.8) is 0 Å². The lowest BCUT2D eigenvalue weighted by molar-refractivity contribution is 0.491. The first-order chi connectivity index (χ1) is 8.81. The standard InChI is InChI=1S/C13H19ClN2O2S/c1-8-5-11(14)12(15)6-13(8)19(17,18)16-7-9(2)10-3-4-10/h5-6,9-10,16H,3-4,7,15H2,1-2H3. The largest absolute Gasteiger partial charge is 0.397 e. The Morgan fingerprint density at radius 1 is 1.47 bits per heavy atom. The van der Waals surface area contributed by atoms with Crippen molar-refractivity contribution in [2.24, 2.45) is 11.8 Å². The maximum Gasteiger partial charge on any atom is 0.240 e. The maximum atomic E-state index is 12.3. The minimum Gasteiger partial charge on any atom is -0.397 e. The zero-order valence-electron chi connectivity index (χ0n) is 11.1. The molecule has 106 valence electrons. The lowest BCUT2D eigenvalue weighted by Crippen LogP contribution is -2.29. The molecule has 19 heavy (non-hydrogen) atoms. The van der Waals surface area contributed by atoms with Crippen LogP contribution in [0.15, 0.2) is 17.0 Å². The van der Waals surface area contributed by atoms with Crippen molar-refractivity contribution >= 4 is 27.3 Å². The number of hydrogen-bond acceptors (Lipinski definition) is 3. The molecular weight excluding hydrogens is 284 g/mol. The third kappa shape index (κ3) is 3.41. The molecule has 0 amide bonds. The maximum absolute atomic E-state index is 12.3. The normalized spacial score (nSPS) is 17.4. The molecule has 0 radical (unpaired) electrons. The Labute approximate surface area is 119 Å². The number of nitrogens with one attached hydrogen (secondary N) is 1. The Kier molecular flexibility index (Phi) is 4.08. The summed E-state index contributed by atoms with van der Waals surface area (Å²) in [6, 6.07) is 3.00. The molecule has 1 aromatic rings. The Hall–Kier alpha value is -0.780. The van der Waals surface area contributed by atoms with Gasteiger partial charge in [0.05, 0.1) is 15.6 Å².